The summed E-state index contributed by atoms with van der Waals surface area (Å²) in [6, 6.07) is 12.8. The first-order chi connectivity index (χ1) is 7.65. The Bertz CT molecular complexity index is 511. The lowest BCUT2D eigenvalue weighted by molar-refractivity contribution is 0.479. The molecule has 0 aliphatic rings. The van der Waals surface area contributed by atoms with Crippen LogP contribution in [-0.2, 0) is 0 Å². The minimum absolute atomic E-state index is 0.684. The van der Waals surface area contributed by atoms with Crippen LogP contribution in [0.5, 0.6) is 11.5 Å². The molecule has 0 amide bonds. The Morgan fingerprint density at radius 3 is 2.62 bits per heavy atom. The van der Waals surface area contributed by atoms with Crippen LogP contribution < -0.4 is 10.5 Å². The summed E-state index contributed by atoms with van der Waals surface area (Å²) in [5.41, 5.74) is 7.35. The van der Waals surface area contributed by atoms with E-state index in [1.807, 2.05) is 37.3 Å². The number of nitrogen functional groups attached to an aromatic ring is 1. The van der Waals surface area contributed by atoms with Crippen molar-refractivity contribution in [2.75, 3.05) is 5.73 Å². The van der Waals surface area contributed by atoms with E-state index in [0.717, 1.165) is 17.1 Å². The molecule has 3 heteroatoms. The molecule has 0 radical (unpaired) electrons. The van der Waals surface area contributed by atoms with Gasteiger partial charge in [-0.25, -0.2) is 0 Å². The van der Waals surface area contributed by atoms with E-state index in [-0.39, 0.29) is 0 Å². The third-order valence-corrected chi connectivity index (χ3v) is 2.46. The number of hydrogen-bond acceptors (Lipinski definition) is 2. The van der Waals surface area contributed by atoms with Gasteiger partial charge in [0, 0.05) is 16.8 Å². The van der Waals surface area contributed by atoms with Crippen LogP contribution in [0.15, 0.2) is 42.5 Å². The summed E-state index contributed by atoms with van der Waals surface area (Å²) >= 11 is 5.87. The van der Waals surface area contributed by atoms with Crippen molar-refractivity contribution >= 4 is 17.3 Å². The van der Waals surface area contributed by atoms with Gasteiger partial charge in [0.15, 0.2) is 0 Å². The van der Waals surface area contributed by atoms with Crippen molar-refractivity contribution in [2.24, 2.45) is 0 Å². The fraction of sp³-hybridized carbons (Fsp3) is 0.0769. The predicted octanol–water partition coefficient (Wildman–Crippen LogP) is 4.02. The van der Waals surface area contributed by atoms with E-state index in [9.17, 15) is 0 Å². The summed E-state index contributed by atoms with van der Waals surface area (Å²) < 4.78 is 5.71. The lowest BCUT2D eigenvalue weighted by Gasteiger charge is -2.09. The van der Waals surface area contributed by atoms with Crippen LogP contribution in [-0.4, -0.2) is 0 Å². The Balaban J connectivity index is 2.27. The number of ether oxygens (including phenoxy) is 1. The molecule has 0 saturated heterocycles. The predicted molar refractivity (Wildman–Crippen MR) is 67.1 cm³/mol. The third kappa shape index (κ3) is 2.47. The molecule has 0 aromatic heterocycles. The Morgan fingerprint density at radius 2 is 1.94 bits per heavy atom. The number of nitrogens with two attached hydrogens (primary N) is 1. The molecular weight excluding hydrogens is 222 g/mol. The highest BCUT2D eigenvalue weighted by molar-refractivity contribution is 6.30. The maximum absolute atomic E-state index is 5.87. The van der Waals surface area contributed by atoms with Gasteiger partial charge in [-0.05, 0) is 42.8 Å². The van der Waals surface area contributed by atoms with Gasteiger partial charge in [-0.1, -0.05) is 17.7 Å². The molecule has 0 fully saturated rings. The van der Waals surface area contributed by atoms with Crippen LogP contribution >= 0.6 is 11.6 Å². The van der Waals surface area contributed by atoms with Gasteiger partial charge in [-0.3, -0.25) is 0 Å². The van der Waals surface area contributed by atoms with Crippen molar-refractivity contribution in [3.8, 4) is 11.5 Å². The zero-order valence-corrected chi connectivity index (χ0v) is 9.66. The molecule has 2 nitrogen and oxygen atoms in total. The largest absolute Gasteiger partial charge is 0.457 e. The normalized spacial score (nSPS) is 10.1. The smallest absolute Gasteiger partial charge is 0.130 e. The molecule has 0 heterocycles. The van der Waals surface area contributed by atoms with Gasteiger partial charge in [0.25, 0.3) is 0 Å². The Morgan fingerprint density at radius 1 is 1.12 bits per heavy atom. The Labute approximate surface area is 99.6 Å². The van der Waals surface area contributed by atoms with Gasteiger partial charge in [0.05, 0.1) is 0 Å². The molecule has 0 atom stereocenters. The van der Waals surface area contributed by atoms with Crippen molar-refractivity contribution < 1.29 is 4.74 Å². The van der Waals surface area contributed by atoms with Gasteiger partial charge < -0.3 is 10.5 Å². The van der Waals surface area contributed by atoms with Gasteiger partial charge in [-0.15, -0.1) is 0 Å². The third-order valence-electron chi connectivity index (χ3n) is 2.22. The minimum atomic E-state index is 0.684. The van der Waals surface area contributed by atoms with Gasteiger partial charge in [0.2, 0.25) is 0 Å². The summed E-state index contributed by atoms with van der Waals surface area (Å²) in [5.74, 6) is 1.51. The number of aryl methyl sites for hydroxylation is 1. The van der Waals surface area contributed by atoms with Crippen LogP contribution in [0.4, 0.5) is 5.69 Å². The second kappa shape index (κ2) is 4.45. The number of benzene rings is 2. The monoisotopic (exact) mass is 233 g/mol. The van der Waals surface area contributed by atoms with Crippen LogP contribution in [0, 0.1) is 6.92 Å². The van der Waals surface area contributed by atoms with Crippen molar-refractivity contribution in [3.05, 3.63) is 53.1 Å². The first-order valence-corrected chi connectivity index (χ1v) is 5.32. The number of rotatable bonds is 2. The molecule has 2 aromatic carbocycles. The summed E-state index contributed by atoms with van der Waals surface area (Å²) in [7, 11) is 0. The van der Waals surface area contributed by atoms with E-state index in [4.69, 9.17) is 22.1 Å². The number of anilines is 1. The Kier molecular flexibility index (Phi) is 3.02. The van der Waals surface area contributed by atoms with Crippen molar-refractivity contribution in [3.63, 3.8) is 0 Å². The summed E-state index contributed by atoms with van der Waals surface area (Å²) in [6.07, 6.45) is 0. The summed E-state index contributed by atoms with van der Waals surface area (Å²) in [6.45, 7) is 1.95. The SMILES string of the molecule is Cc1cc(Cl)ccc1Oc1cccc(N)c1. The average molecular weight is 234 g/mol. The summed E-state index contributed by atoms with van der Waals surface area (Å²) in [4.78, 5) is 0. The molecule has 2 N–H and O–H groups in total. The second-order valence-electron chi connectivity index (χ2n) is 3.58. The molecule has 0 aliphatic carbocycles. The van der Waals surface area contributed by atoms with Gasteiger partial charge >= 0.3 is 0 Å². The number of hydrogen-bond donors (Lipinski definition) is 1. The molecule has 0 unspecified atom stereocenters. The Hall–Kier alpha value is -1.67. The highest BCUT2D eigenvalue weighted by Crippen LogP contribution is 2.27. The van der Waals surface area contributed by atoms with Crippen molar-refractivity contribution in [1.29, 1.82) is 0 Å². The molecular formula is C13H12ClNO. The molecule has 2 rings (SSSR count). The van der Waals surface area contributed by atoms with Crippen molar-refractivity contribution in [2.45, 2.75) is 6.92 Å². The van der Waals surface area contributed by atoms with E-state index in [1.54, 1.807) is 12.1 Å². The zero-order chi connectivity index (χ0) is 11.5. The van der Waals surface area contributed by atoms with Crippen LogP contribution in [0.25, 0.3) is 0 Å². The van der Waals surface area contributed by atoms with E-state index in [1.165, 1.54) is 0 Å². The fourth-order valence-electron chi connectivity index (χ4n) is 1.43. The van der Waals surface area contributed by atoms with Gasteiger partial charge in [0.1, 0.15) is 11.5 Å². The fourth-order valence-corrected chi connectivity index (χ4v) is 1.66. The molecule has 0 bridgehead atoms. The molecule has 16 heavy (non-hydrogen) atoms. The van der Waals surface area contributed by atoms with E-state index in [0.29, 0.717) is 10.7 Å². The van der Waals surface area contributed by atoms with E-state index in [2.05, 4.69) is 0 Å². The summed E-state index contributed by atoms with van der Waals surface area (Å²) in [5, 5.41) is 0.706. The van der Waals surface area contributed by atoms with Gasteiger partial charge in [-0.2, -0.15) is 0 Å². The van der Waals surface area contributed by atoms with E-state index < -0.39 is 0 Å². The number of halogens is 1. The van der Waals surface area contributed by atoms with E-state index >= 15 is 0 Å². The molecule has 0 aliphatic heterocycles. The molecule has 2 aromatic rings. The highest BCUT2D eigenvalue weighted by Gasteiger charge is 2.02. The second-order valence-corrected chi connectivity index (χ2v) is 4.02. The topological polar surface area (TPSA) is 35.2 Å². The van der Waals surface area contributed by atoms with Crippen LogP contribution in [0.2, 0.25) is 5.02 Å². The first kappa shape index (κ1) is 10.8. The maximum atomic E-state index is 5.87. The minimum Gasteiger partial charge on any atom is -0.457 e. The maximum Gasteiger partial charge on any atom is 0.130 e. The quantitative estimate of drug-likeness (QED) is 0.795. The zero-order valence-electron chi connectivity index (χ0n) is 8.91. The standard InChI is InChI=1S/C13H12ClNO/c1-9-7-10(14)5-6-13(9)16-12-4-2-3-11(15)8-12/h2-8H,15H2,1H3. The molecule has 0 saturated carbocycles. The van der Waals surface area contributed by atoms with Crippen molar-refractivity contribution in [1.82, 2.24) is 0 Å². The lowest BCUT2D eigenvalue weighted by Crippen LogP contribution is -1.89. The first-order valence-electron chi connectivity index (χ1n) is 4.95. The lowest BCUT2D eigenvalue weighted by atomic mass is 10.2. The molecule has 82 valence electrons. The molecule has 0 spiro atoms. The average Bonchev–Trinajstić information content (AvgIpc) is 2.22. The van der Waals surface area contributed by atoms with Crippen LogP contribution in [0.1, 0.15) is 5.56 Å². The van der Waals surface area contributed by atoms with Crippen LogP contribution in [0.3, 0.4) is 0 Å². The highest BCUT2D eigenvalue weighted by atomic mass is 35.5.